The molecule has 0 aromatic heterocycles. The Labute approximate surface area is 79.5 Å². The number of benzene rings is 1. The Morgan fingerprint density at radius 2 is 2.00 bits per heavy atom. The first kappa shape index (κ1) is 9.13. The lowest BCUT2D eigenvalue weighted by Gasteiger charge is -1.91. The number of carbonyl (C=O) groups excluding carboxylic acids is 1. The number of amides is 1. The summed E-state index contributed by atoms with van der Waals surface area (Å²) in [6, 6.07) is 7.58. The van der Waals surface area contributed by atoms with Crippen LogP contribution in [0.3, 0.4) is 0 Å². The van der Waals surface area contributed by atoms with Crippen LogP contribution in [0.25, 0.3) is 0 Å². The van der Waals surface area contributed by atoms with Crippen LogP contribution in [0.4, 0.5) is 0 Å². The van der Waals surface area contributed by atoms with Crippen LogP contribution in [-0.4, -0.2) is 12.1 Å². The van der Waals surface area contributed by atoms with E-state index in [4.69, 9.17) is 0 Å². The zero-order valence-electron chi connectivity index (χ0n) is 6.62. The van der Waals surface area contributed by atoms with Gasteiger partial charge in [-0.25, -0.2) is 4.99 Å². The van der Waals surface area contributed by atoms with Crippen molar-refractivity contribution in [2.24, 2.45) is 4.99 Å². The lowest BCUT2D eigenvalue weighted by molar-refractivity contribution is -0.115. The monoisotopic (exact) mass is 225 g/mol. The van der Waals surface area contributed by atoms with E-state index in [2.05, 4.69) is 20.9 Å². The van der Waals surface area contributed by atoms with E-state index in [0.717, 1.165) is 10.0 Å². The minimum absolute atomic E-state index is 0.182. The smallest absolute Gasteiger partial charge is 0.242 e. The van der Waals surface area contributed by atoms with Crippen LogP contribution in [0.15, 0.2) is 33.7 Å². The van der Waals surface area contributed by atoms with Crippen LogP contribution in [0, 0.1) is 0 Å². The Kier molecular flexibility index (Phi) is 3.17. The summed E-state index contributed by atoms with van der Waals surface area (Å²) in [7, 11) is 0. The highest BCUT2D eigenvalue weighted by atomic mass is 79.9. The van der Waals surface area contributed by atoms with Crippen LogP contribution in [0.5, 0.6) is 0 Å². The zero-order chi connectivity index (χ0) is 8.97. The van der Waals surface area contributed by atoms with E-state index in [1.807, 2.05) is 24.3 Å². The van der Waals surface area contributed by atoms with Crippen LogP contribution in [0.1, 0.15) is 12.5 Å². The minimum atomic E-state index is -0.182. The lowest BCUT2D eigenvalue weighted by atomic mass is 10.2. The summed E-state index contributed by atoms with van der Waals surface area (Å²) < 4.78 is 1.02. The zero-order valence-corrected chi connectivity index (χ0v) is 8.21. The molecule has 62 valence electrons. The highest BCUT2D eigenvalue weighted by molar-refractivity contribution is 9.10. The molecule has 0 saturated heterocycles. The molecule has 0 heterocycles. The van der Waals surface area contributed by atoms with E-state index in [1.54, 1.807) is 6.21 Å². The second-order valence-electron chi connectivity index (χ2n) is 2.33. The number of carbonyl (C=O) groups is 1. The molecule has 2 nitrogen and oxygen atoms in total. The molecule has 0 radical (unpaired) electrons. The summed E-state index contributed by atoms with van der Waals surface area (Å²) >= 11 is 3.31. The van der Waals surface area contributed by atoms with E-state index >= 15 is 0 Å². The van der Waals surface area contributed by atoms with Crippen molar-refractivity contribution in [3.05, 3.63) is 34.3 Å². The number of hydrogen-bond donors (Lipinski definition) is 0. The number of hydrogen-bond acceptors (Lipinski definition) is 1. The van der Waals surface area contributed by atoms with Crippen molar-refractivity contribution in [3.8, 4) is 0 Å². The molecule has 0 N–H and O–H groups in total. The van der Waals surface area contributed by atoms with Crippen LogP contribution < -0.4 is 0 Å². The Bertz CT molecular complexity index is 303. The third-order valence-corrected chi connectivity index (χ3v) is 1.79. The van der Waals surface area contributed by atoms with Gasteiger partial charge in [-0.3, -0.25) is 4.79 Å². The van der Waals surface area contributed by atoms with Crippen molar-refractivity contribution in [2.75, 3.05) is 0 Å². The van der Waals surface area contributed by atoms with Gasteiger partial charge in [0.1, 0.15) is 0 Å². The van der Waals surface area contributed by atoms with E-state index in [1.165, 1.54) is 6.92 Å². The SMILES string of the molecule is CC(=O)N=Cc1ccc(Br)cc1. The Morgan fingerprint density at radius 1 is 1.42 bits per heavy atom. The number of halogens is 1. The average molecular weight is 226 g/mol. The summed E-state index contributed by atoms with van der Waals surface area (Å²) in [4.78, 5) is 14.1. The molecule has 0 fully saturated rings. The first-order valence-corrected chi connectivity index (χ1v) is 4.28. The molecule has 1 amide bonds. The maximum Gasteiger partial charge on any atom is 0.242 e. The van der Waals surface area contributed by atoms with Crippen LogP contribution in [-0.2, 0) is 4.79 Å². The number of nitrogens with zero attached hydrogens (tertiary/aromatic N) is 1. The van der Waals surface area contributed by atoms with Gasteiger partial charge in [0, 0.05) is 17.6 Å². The fourth-order valence-electron chi connectivity index (χ4n) is 0.714. The molecule has 1 rings (SSSR count). The quantitative estimate of drug-likeness (QED) is 0.676. The van der Waals surface area contributed by atoms with Gasteiger partial charge in [-0.05, 0) is 17.7 Å². The van der Waals surface area contributed by atoms with Crippen molar-refractivity contribution in [1.29, 1.82) is 0 Å². The van der Waals surface area contributed by atoms with Crippen molar-refractivity contribution >= 4 is 28.1 Å². The summed E-state index contributed by atoms with van der Waals surface area (Å²) in [6.07, 6.45) is 1.55. The Hall–Kier alpha value is -0.960. The molecule has 0 spiro atoms. The van der Waals surface area contributed by atoms with Crippen LogP contribution in [0.2, 0.25) is 0 Å². The molecule has 12 heavy (non-hydrogen) atoms. The van der Waals surface area contributed by atoms with Crippen molar-refractivity contribution in [2.45, 2.75) is 6.92 Å². The van der Waals surface area contributed by atoms with E-state index in [0.29, 0.717) is 0 Å². The molecule has 0 aliphatic rings. The maximum absolute atomic E-state index is 10.5. The van der Waals surface area contributed by atoms with Gasteiger partial charge in [0.15, 0.2) is 0 Å². The standard InChI is InChI=1S/C9H8BrNO/c1-7(12)11-6-8-2-4-9(10)5-3-8/h2-6H,1H3. The summed E-state index contributed by atoms with van der Waals surface area (Å²) in [5.74, 6) is -0.182. The summed E-state index contributed by atoms with van der Waals surface area (Å²) in [6.45, 7) is 1.43. The van der Waals surface area contributed by atoms with Crippen LogP contribution >= 0.6 is 15.9 Å². The van der Waals surface area contributed by atoms with Gasteiger partial charge in [0.2, 0.25) is 5.91 Å². The molecule has 1 aromatic rings. The second-order valence-corrected chi connectivity index (χ2v) is 3.24. The van der Waals surface area contributed by atoms with Crippen molar-refractivity contribution < 1.29 is 4.79 Å². The third kappa shape index (κ3) is 2.96. The average Bonchev–Trinajstić information content (AvgIpc) is 2.03. The van der Waals surface area contributed by atoms with Crippen molar-refractivity contribution in [3.63, 3.8) is 0 Å². The number of rotatable bonds is 1. The van der Waals surface area contributed by atoms with Gasteiger partial charge in [0.25, 0.3) is 0 Å². The summed E-state index contributed by atoms with van der Waals surface area (Å²) in [5.41, 5.74) is 0.924. The fourth-order valence-corrected chi connectivity index (χ4v) is 0.979. The second kappa shape index (κ2) is 4.16. The Morgan fingerprint density at radius 3 is 2.50 bits per heavy atom. The van der Waals surface area contributed by atoms with Gasteiger partial charge in [-0.15, -0.1) is 0 Å². The van der Waals surface area contributed by atoms with Gasteiger partial charge >= 0.3 is 0 Å². The molecule has 0 saturated carbocycles. The molecular weight excluding hydrogens is 218 g/mol. The number of aliphatic imine (C=N–C) groups is 1. The van der Waals surface area contributed by atoms with E-state index < -0.39 is 0 Å². The Balaban J connectivity index is 2.77. The first-order valence-electron chi connectivity index (χ1n) is 3.48. The predicted octanol–water partition coefficient (Wildman–Crippen LogP) is 2.41. The van der Waals surface area contributed by atoms with Gasteiger partial charge in [-0.2, -0.15) is 0 Å². The molecular formula is C9H8BrNO. The van der Waals surface area contributed by atoms with Gasteiger partial charge in [0.05, 0.1) is 0 Å². The highest BCUT2D eigenvalue weighted by Gasteiger charge is 1.88. The largest absolute Gasteiger partial charge is 0.273 e. The lowest BCUT2D eigenvalue weighted by Crippen LogP contribution is -1.85. The maximum atomic E-state index is 10.5. The molecule has 0 aliphatic heterocycles. The first-order chi connectivity index (χ1) is 5.68. The van der Waals surface area contributed by atoms with E-state index in [9.17, 15) is 4.79 Å². The molecule has 0 atom stereocenters. The molecule has 1 aromatic carbocycles. The topological polar surface area (TPSA) is 29.4 Å². The van der Waals surface area contributed by atoms with E-state index in [-0.39, 0.29) is 5.91 Å². The molecule has 0 aliphatic carbocycles. The summed E-state index contributed by atoms with van der Waals surface area (Å²) in [5, 5.41) is 0. The van der Waals surface area contributed by atoms with Crippen molar-refractivity contribution in [1.82, 2.24) is 0 Å². The minimum Gasteiger partial charge on any atom is -0.273 e. The highest BCUT2D eigenvalue weighted by Crippen LogP contribution is 2.08. The molecule has 0 unspecified atom stereocenters. The molecule has 3 heteroatoms. The molecule has 0 bridgehead atoms. The van der Waals surface area contributed by atoms with Gasteiger partial charge < -0.3 is 0 Å². The predicted molar refractivity (Wildman–Crippen MR) is 52.4 cm³/mol. The third-order valence-electron chi connectivity index (χ3n) is 1.27. The fraction of sp³-hybridized carbons (Fsp3) is 0.111. The van der Waals surface area contributed by atoms with Gasteiger partial charge in [-0.1, -0.05) is 28.1 Å². The normalized spacial score (nSPS) is 10.5.